The molecular weight excluding hydrogens is 274 g/mol. The van der Waals surface area contributed by atoms with Crippen LogP contribution in [0.3, 0.4) is 0 Å². The summed E-state index contributed by atoms with van der Waals surface area (Å²) in [5.74, 6) is 0.253. The molecule has 3 nitrogen and oxygen atoms in total. The van der Waals surface area contributed by atoms with E-state index in [4.69, 9.17) is 4.74 Å². The second-order valence-corrected chi connectivity index (χ2v) is 7.28. The molecule has 0 unspecified atom stereocenters. The Morgan fingerprint density at radius 3 is 2.41 bits per heavy atom. The third-order valence-corrected chi connectivity index (χ3v) is 3.75. The predicted molar refractivity (Wildman–Crippen MR) is 90.4 cm³/mol. The van der Waals surface area contributed by atoms with Crippen molar-refractivity contribution in [3.8, 4) is 0 Å². The highest BCUT2D eigenvalue weighted by Gasteiger charge is 2.31. The zero-order valence-electron chi connectivity index (χ0n) is 14.2. The summed E-state index contributed by atoms with van der Waals surface area (Å²) in [5.41, 5.74) is 1.94. The number of carbonyl (C=O) groups is 1. The van der Waals surface area contributed by atoms with Crippen LogP contribution in [0.25, 0.3) is 5.57 Å². The normalized spacial score (nSPS) is 22.4. The van der Waals surface area contributed by atoms with Crippen LogP contribution in [0.4, 0.5) is 0 Å². The maximum absolute atomic E-state index is 12.4. The van der Waals surface area contributed by atoms with Crippen LogP contribution >= 0.6 is 0 Å². The minimum atomic E-state index is -0.458. The molecule has 2 rings (SSSR count). The van der Waals surface area contributed by atoms with E-state index < -0.39 is 5.60 Å². The maximum atomic E-state index is 12.4. The molecule has 120 valence electrons. The first-order valence-corrected chi connectivity index (χ1v) is 8.01. The van der Waals surface area contributed by atoms with Gasteiger partial charge in [0.1, 0.15) is 11.6 Å². The van der Waals surface area contributed by atoms with Crippen molar-refractivity contribution in [2.45, 2.75) is 58.7 Å². The van der Waals surface area contributed by atoms with Crippen LogP contribution < -0.4 is 5.32 Å². The van der Waals surface area contributed by atoms with Crippen LogP contribution in [0, 0.1) is 5.92 Å². The van der Waals surface area contributed by atoms with Gasteiger partial charge in [0.15, 0.2) is 0 Å². The van der Waals surface area contributed by atoms with Gasteiger partial charge in [-0.3, -0.25) is 10.1 Å². The smallest absolute Gasteiger partial charge is 0.324 e. The molecule has 2 atom stereocenters. The Balaban J connectivity index is 2.22. The highest BCUT2D eigenvalue weighted by Crippen LogP contribution is 2.27. The quantitative estimate of drug-likeness (QED) is 0.863. The minimum absolute atomic E-state index is 0.167. The molecule has 0 radical (unpaired) electrons. The van der Waals surface area contributed by atoms with Gasteiger partial charge in [-0.1, -0.05) is 50.3 Å². The molecule has 1 aromatic carbocycles. The highest BCUT2D eigenvalue weighted by atomic mass is 16.6. The molecule has 1 N–H and O–H groups in total. The molecule has 0 amide bonds. The lowest BCUT2D eigenvalue weighted by Crippen LogP contribution is -2.49. The first-order valence-electron chi connectivity index (χ1n) is 8.01. The van der Waals surface area contributed by atoms with Crippen molar-refractivity contribution in [2.75, 3.05) is 0 Å². The molecule has 0 aromatic heterocycles. The van der Waals surface area contributed by atoms with E-state index >= 15 is 0 Å². The Kier molecular flexibility index (Phi) is 5.07. The summed E-state index contributed by atoms with van der Waals surface area (Å²) >= 11 is 0. The van der Waals surface area contributed by atoms with E-state index in [2.05, 4.69) is 37.4 Å². The summed E-state index contributed by atoms with van der Waals surface area (Å²) in [6.45, 7) is 10.0. The van der Waals surface area contributed by atoms with E-state index in [1.54, 1.807) is 0 Å². The van der Waals surface area contributed by atoms with E-state index in [9.17, 15) is 4.79 Å². The van der Waals surface area contributed by atoms with Gasteiger partial charge in [0.25, 0.3) is 0 Å². The lowest BCUT2D eigenvalue weighted by atomic mass is 9.88. The number of hydrogen-bond acceptors (Lipinski definition) is 3. The molecular formula is C19H27NO2. The zero-order chi connectivity index (χ0) is 16.3. The van der Waals surface area contributed by atoms with Gasteiger partial charge in [-0.15, -0.1) is 0 Å². The first-order chi connectivity index (χ1) is 10.3. The van der Waals surface area contributed by atoms with Crippen molar-refractivity contribution in [1.82, 2.24) is 5.32 Å². The van der Waals surface area contributed by atoms with E-state index in [1.807, 2.05) is 39.0 Å². The summed E-state index contributed by atoms with van der Waals surface area (Å²) in [7, 11) is 0. The first kappa shape index (κ1) is 16.8. The molecule has 0 saturated carbocycles. The molecule has 0 fully saturated rings. The molecule has 22 heavy (non-hydrogen) atoms. The number of esters is 1. The lowest BCUT2D eigenvalue weighted by molar-refractivity contribution is -0.157. The van der Waals surface area contributed by atoms with Gasteiger partial charge in [-0.25, -0.2) is 0 Å². The summed E-state index contributed by atoms with van der Waals surface area (Å²) in [4.78, 5) is 12.4. The van der Waals surface area contributed by atoms with Crippen molar-refractivity contribution in [1.29, 1.82) is 0 Å². The molecule has 0 spiro atoms. The van der Waals surface area contributed by atoms with Crippen molar-refractivity contribution < 1.29 is 9.53 Å². The molecule has 1 aliphatic rings. The zero-order valence-corrected chi connectivity index (χ0v) is 14.2. The van der Waals surface area contributed by atoms with Gasteiger partial charge in [0, 0.05) is 6.04 Å². The Morgan fingerprint density at radius 1 is 1.23 bits per heavy atom. The van der Waals surface area contributed by atoms with Crippen LogP contribution in [0.15, 0.2) is 36.4 Å². The second kappa shape index (κ2) is 6.66. The SMILES string of the molecule is CC(C)[C@@H]1C=C(c2ccccc2)C[C@@H](C(=O)OC(C)(C)C)N1. The number of hydrogen-bond donors (Lipinski definition) is 1. The van der Waals surface area contributed by atoms with Crippen molar-refractivity contribution in [2.24, 2.45) is 5.92 Å². The number of nitrogens with one attached hydrogen (secondary N) is 1. The molecule has 3 heteroatoms. The fourth-order valence-corrected chi connectivity index (χ4v) is 2.62. The number of carbonyl (C=O) groups excluding carboxylic acids is 1. The highest BCUT2D eigenvalue weighted by molar-refractivity contribution is 5.81. The molecule has 0 aliphatic carbocycles. The third kappa shape index (κ3) is 4.44. The van der Waals surface area contributed by atoms with Gasteiger partial charge < -0.3 is 4.74 Å². The predicted octanol–water partition coefficient (Wildman–Crippen LogP) is 3.80. The summed E-state index contributed by atoms with van der Waals surface area (Å²) in [6, 6.07) is 10.2. The summed E-state index contributed by atoms with van der Waals surface area (Å²) < 4.78 is 5.56. The summed E-state index contributed by atoms with van der Waals surface area (Å²) in [6.07, 6.45) is 2.92. The molecule has 0 bridgehead atoms. The topological polar surface area (TPSA) is 38.3 Å². The lowest BCUT2D eigenvalue weighted by Gasteiger charge is -2.33. The van der Waals surface area contributed by atoms with Crippen molar-refractivity contribution in [3.63, 3.8) is 0 Å². The van der Waals surface area contributed by atoms with Gasteiger partial charge in [0.2, 0.25) is 0 Å². The van der Waals surface area contributed by atoms with Crippen LogP contribution in [0.5, 0.6) is 0 Å². The van der Waals surface area contributed by atoms with Crippen molar-refractivity contribution in [3.05, 3.63) is 42.0 Å². The molecule has 0 saturated heterocycles. The average Bonchev–Trinajstić information content (AvgIpc) is 2.46. The van der Waals surface area contributed by atoms with Gasteiger partial charge in [-0.05, 0) is 44.2 Å². The number of rotatable bonds is 3. The minimum Gasteiger partial charge on any atom is -0.459 e. The second-order valence-electron chi connectivity index (χ2n) is 7.28. The van der Waals surface area contributed by atoms with E-state index in [1.165, 1.54) is 11.1 Å². The Morgan fingerprint density at radius 2 is 1.86 bits per heavy atom. The van der Waals surface area contributed by atoms with Gasteiger partial charge in [0.05, 0.1) is 0 Å². The number of ether oxygens (including phenoxy) is 1. The molecule has 1 aromatic rings. The van der Waals surface area contributed by atoms with E-state index in [0.29, 0.717) is 12.3 Å². The van der Waals surface area contributed by atoms with Crippen LogP contribution in [0.1, 0.15) is 46.6 Å². The largest absolute Gasteiger partial charge is 0.459 e. The van der Waals surface area contributed by atoms with Crippen molar-refractivity contribution >= 4 is 11.5 Å². The van der Waals surface area contributed by atoms with Gasteiger partial charge >= 0.3 is 5.97 Å². The Hall–Kier alpha value is -1.61. The fourth-order valence-electron chi connectivity index (χ4n) is 2.62. The third-order valence-electron chi connectivity index (χ3n) is 3.75. The Bertz CT molecular complexity index is 540. The fraction of sp³-hybridized carbons (Fsp3) is 0.526. The van der Waals surface area contributed by atoms with Crippen LogP contribution in [-0.4, -0.2) is 23.7 Å². The van der Waals surface area contributed by atoms with Gasteiger partial charge in [-0.2, -0.15) is 0 Å². The Labute approximate surface area is 133 Å². The summed E-state index contributed by atoms with van der Waals surface area (Å²) in [5, 5.41) is 3.42. The standard InChI is InChI=1S/C19H27NO2/c1-13(2)16-11-15(14-9-7-6-8-10-14)12-17(20-16)18(21)22-19(3,4)5/h6-11,13,16-17,20H,12H2,1-5H3/t16-,17-/m0/s1. The molecule has 1 aliphatic heterocycles. The maximum Gasteiger partial charge on any atom is 0.324 e. The van der Waals surface area contributed by atoms with Crippen LogP contribution in [-0.2, 0) is 9.53 Å². The monoisotopic (exact) mass is 301 g/mol. The van der Waals surface area contributed by atoms with Crippen LogP contribution in [0.2, 0.25) is 0 Å². The van der Waals surface area contributed by atoms with E-state index in [0.717, 1.165) is 0 Å². The number of benzene rings is 1. The average molecular weight is 301 g/mol. The van der Waals surface area contributed by atoms with E-state index in [-0.39, 0.29) is 18.1 Å². The molecule has 1 heterocycles.